The predicted octanol–water partition coefficient (Wildman–Crippen LogP) is 3.89. The van der Waals surface area contributed by atoms with Crippen molar-refractivity contribution < 1.29 is 14.0 Å². The SMILES string of the molecule is CCc1noc([C@H](C)Nc2cccc(COC[C@@H]3CCCCO3)c2)n1. The van der Waals surface area contributed by atoms with Crippen LogP contribution in [0, 0.1) is 0 Å². The van der Waals surface area contributed by atoms with Gasteiger partial charge >= 0.3 is 0 Å². The van der Waals surface area contributed by atoms with Gasteiger partial charge in [0.1, 0.15) is 6.04 Å². The van der Waals surface area contributed by atoms with Gasteiger partial charge in [-0.15, -0.1) is 0 Å². The molecule has 3 rings (SSSR count). The zero-order chi connectivity index (χ0) is 17.5. The Hall–Kier alpha value is -1.92. The van der Waals surface area contributed by atoms with Gasteiger partial charge in [0.15, 0.2) is 5.82 Å². The Kier molecular flexibility index (Phi) is 6.42. The number of hydrogen-bond donors (Lipinski definition) is 1. The van der Waals surface area contributed by atoms with Crippen molar-refractivity contribution in [2.45, 2.75) is 58.3 Å². The molecule has 0 bridgehead atoms. The highest BCUT2D eigenvalue weighted by Gasteiger charge is 2.15. The zero-order valence-corrected chi connectivity index (χ0v) is 15.0. The third-order valence-electron chi connectivity index (χ3n) is 4.33. The lowest BCUT2D eigenvalue weighted by Gasteiger charge is -2.22. The lowest BCUT2D eigenvalue weighted by atomic mass is 10.1. The Morgan fingerprint density at radius 2 is 2.28 bits per heavy atom. The van der Waals surface area contributed by atoms with E-state index in [0.717, 1.165) is 36.5 Å². The molecule has 1 fully saturated rings. The van der Waals surface area contributed by atoms with Crippen LogP contribution in [-0.2, 0) is 22.5 Å². The molecule has 0 spiro atoms. The molecular weight excluding hydrogens is 318 g/mol. The normalized spacial score (nSPS) is 18.9. The lowest BCUT2D eigenvalue weighted by Crippen LogP contribution is -2.24. The molecule has 0 amide bonds. The molecule has 2 atom stereocenters. The van der Waals surface area contributed by atoms with Crippen molar-refractivity contribution in [1.82, 2.24) is 10.1 Å². The molecule has 136 valence electrons. The Balaban J connectivity index is 1.50. The van der Waals surface area contributed by atoms with Crippen molar-refractivity contribution in [3.8, 4) is 0 Å². The molecule has 1 saturated heterocycles. The van der Waals surface area contributed by atoms with Crippen molar-refractivity contribution in [3.05, 3.63) is 41.5 Å². The van der Waals surface area contributed by atoms with Crippen LogP contribution in [0.5, 0.6) is 0 Å². The highest BCUT2D eigenvalue weighted by molar-refractivity contribution is 5.46. The fraction of sp³-hybridized carbons (Fsp3) is 0.579. The maximum absolute atomic E-state index is 5.83. The topological polar surface area (TPSA) is 69.4 Å². The van der Waals surface area contributed by atoms with Gasteiger partial charge in [-0.3, -0.25) is 0 Å². The summed E-state index contributed by atoms with van der Waals surface area (Å²) in [6.45, 7) is 6.13. The summed E-state index contributed by atoms with van der Waals surface area (Å²) in [4.78, 5) is 4.37. The highest BCUT2D eigenvalue weighted by Crippen LogP contribution is 2.20. The summed E-state index contributed by atoms with van der Waals surface area (Å²) in [5, 5.41) is 7.34. The van der Waals surface area contributed by atoms with Crippen molar-refractivity contribution in [1.29, 1.82) is 0 Å². The molecule has 25 heavy (non-hydrogen) atoms. The third kappa shape index (κ3) is 5.28. The summed E-state index contributed by atoms with van der Waals surface area (Å²) in [6, 6.07) is 8.17. The smallest absolute Gasteiger partial charge is 0.248 e. The molecule has 6 nitrogen and oxygen atoms in total. The average Bonchev–Trinajstić information content (AvgIpc) is 3.12. The first kappa shape index (κ1) is 17.9. The maximum atomic E-state index is 5.83. The molecule has 0 aliphatic carbocycles. The largest absolute Gasteiger partial charge is 0.376 e. The number of rotatable bonds is 8. The third-order valence-corrected chi connectivity index (χ3v) is 4.33. The van der Waals surface area contributed by atoms with E-state index < -0.39 is 0 Å². The van der Waals surface area contributed by atoms with Crippen LogP contribution >= 0.6 is 0 Å². The van der Waals surface area contributed by atoms with Crippen LogP contribution in [0.4, 0.5) is 5.69 Å². The van der Waals surface area contributed by atoms with E-state index in [-0.39, 0.29) is 12.1 Å². The highest BCUT2D eigenvalue weighted by atomic mass is 16.5. The van der Waals surface area contributed by atoms with E-state index in [1.165, 1.54) is 12.8 Å². The van der Waals surface area contributed by atoms with Gasteiger partial charge in [-0.25, -0.2) is 0 Å². The molecule has 0 radical (unpaired) electrons. The number of anilines is 1. The Bertz CT molecular complexity index is 653. The van der Waals surface area contributed by atoms with Crippen LogP contribution < -0.4 is 5.32 Å². The summed E-state index contributed by atoms with van der Waals surface area (Å²) >= 11 is 0. The molecule has 2 heterocycles. The van der Waals surface area contributed by atoms with E-state index in [2.05, 4.69) is 27.6 Å². The first-order chi connectivity index (χ1) is 12.2. The molecule has 0 saturated carbocycles. The van der Waals surface area contributed by atoms with E-state index in [4.69, 9.17) is 14.0 Å². The van der Waals surface area contributed by atoms with E-state index in [9.17, 15) is 0 Å². The number of benzene rings is 1. The predicted molar refractivity (Wildman–Crippen MR) is 95.4 cm³/mol. The van der Waals surface area contributed by atoms with Crippen LogP contribution in [0.3, 0.4) is 0 Å². The minimum atomic E-state index is -0.0420. The standard InChI is InChI=1S/C19H27N3O3/c1-3-18-21-19(25-22-18)14(2)20-16-8-6-7-15(11-16)12-23-13-17-9-4-5-10-24-17/h6-8,11,14,17,20H,3-5,9-10,12-13H2,1-2H3/t14-,17-/m0/s1. The molecule has 2 aromatic rings. The molecule has 1 aliphatic heterocycles. The van der Waals surface area contributed by atoms with Crippen LogP contribution in [0.25, 0.3) is 0 Å². The van der Waals surface area contributed by atoms with Crippen LogP contribution in [0.2, 0.25) is 0 Å². The number of aryl methyl sites for hydroxylation is 1. The Morgan fingerprint density at radius 1 is 1.36 bits per heavy atom. The van der Waals surface area contributed by atoms with Gasteiger partial charge in [0.2, 0.25) is 5.89 Å². The van der Waals surface area contributed by atoms with Crippen molar-refractivity contribution in [2.75, 3.05) is 18.5 Å². The lowest BCUT2D eigenvalue weighted by molar-refractivity contribution is -0.0447. The summed E-state index contributed by atoms with van der Waals surface area (Å²) in [5.41, 5.74) is 2.14. The second-order valence-corrected chi connectivity index (χ2v) is 6.47. The minimum absolute atomic E-state index is 0.0420. The van der Waals surface area contributed by atoms with Crippen molar-refractivity contribution in [2.24, 2.45) is 0 Å². The number of ether oxygens (including phenoxy) is 2. The van der Waals surface area contributed by atoms with Gasteiger partial charge in [-0.1, -0.05) is 24.2 Å². The Morgan fingerprint density at radius 3 is 3.04 bits per heavy atom. The van der Waals surface area contributed by atoms with E-state index in [1.54, 1.807) is 0 Å². The van der Waals surface area contributed by atoms with E-state index >= 15 is 0 Å². The van der Waals surface area contributed by atoms with E-state index in [0.29, 0.717) is 19.1 Å². The number of hydrogen-bond acceptors (Lipinski definition) is 6. The number of aromatic nitrogens is 2. The van der Waals surface area contributed by atoms with Gasteiger partial charge in [0.05, 0.1) is 19.3 Å². The van der Waals surface area contributed by atoms with E-state index in [1.807, 2.05) is 26.0 Å². The molecular formula is C19H27N3O3. The zero-order valence-electron chi connectivity index (χ0n) is 15.0. The van der Waals surface area contributed by atoms with Gasteiger partial charge in [-0.05, 0) is 43.9 Å². The second kappa shape index (κ2) is 8.97. The van der Waals surface area contributed by atoms with Crippen LogP contribution in [0.15, 0.2) is 28.8 Å². The number of nitrogens with one attached hydrogen (secondary N) is 1. The first-order valence-corrected chi connectivity index (χ1v) is 9.12. The molecule has 0 unspecified atom stereocenters. The minimum Gasteiger partial charge on any atom is -0.376 e. The first-order valence-electron chi connectivity index (χ1n) is 9.12. The van der Waals surface area contributed by atoms with Crippen LogP contribution in [0.1, 0.15) is 56.4 Å². The van der Waals surface area contributed by atoms with Gasteiger partial charge in [0.25, 0.3) is 0 Å². The molecule has 1 aromatic heterocycles. The fourth-order valence-electron chi connectivity index (χ4n) is 2.90. The van der Waals surface area contributed by atoms with Crippen LogP contribution in [-0.4, -0.2) is 29.5 Å². The maximum Gasteiger partial charge on any atom is 0.248 e. The van der Waals surface area contributed by atoms with Gasteiger partial charge in [-0.2, -0.15) is 4.98 Å². The fourth-order valence-corrected chi connectivity index (χ4v) is 2.90. The molecule has 6 heteroatoms. The van der Waals surface area contributed by atoms with Crippen molar-refractivity contribution in [3.63, 3.8) is 0 Å². The van der Waals surface area contributed by atoms with Gasteiger partial charge in [0, 0.05) is 18.7 Å². The summed E-state index contributed by atoms with van der Waals surface area (Å²) in [5.74, 6) is 1.34. The number of nitrogens with zero attached hydrogens (tertiary/aromatic N) is 2. The van der Waals surface area contributed by atoms with Gasteiger partial charge < -0.3 is 19.3 Å². The molecule has 1 aliphatic rings. The molecule has 1 N–H and O–H groups in total. The monoisotopic (exact) mass is 345 g/mol. The summed E-state index contributed by atoms with van der Waals surface area (Å²) in [6.07, 6.45) is 4.53. The summed E-state index contributed by atoms with van der Waals surface area (Å²) in [7, 11) is 0. The van der Waals surface area contributed by atoms with Crippen molar-refractivity contribution >= 4 is 5.69 Å². The molecule has 1 aromatic carbocycles. The second-order valence-electron chi connectivity index (χ2n) is 6.47. The summed E-state index contributed by atoms with van der Waals surface area (Å²) < 4.78 is 16.8. The average molecular weight is 345 g/mol. The quantitative estimate of drug-likeness (QED) is 0.783. The Labute approximate surface area is 148 Å².